The average Bonchev–Trinajstić information content (AvgIpc) is 3.99. The Morgan fingerprint density at radius 3 is 1.60 bits per heavy atom. The summed E-state index contributed by atoms with van der Waals surface area (Å²) in [4.78, 5) is 22.4. The second-order valence-corrected chi connectivity index (χ2v) is 15.0. The van der Waals surface area contributed by atoms with Gasteiger partial charge in [0, 0.05) is 84.3 Å². The number of aromatic nitrogens is 8. The van der Waals surface area contributed by atoms with Gasteiger partial charge in [-0.1, -0.05) is 0 Å². The molecule has 17 heteroatoms. The number of ether oxygens (including phenoxy) is 2. The zero-order valence-electron chi connectivity index (χ0n) is 34.6. The lowest BCUT2D eigenvalue weighted by Gasteiger charge is -2.28. The first-order valence-electron chi connectivity index (χ1n) is 20.3. The molecule has 0 bridgehead atoms. The van der Waals surface area contributed by atoms with Gasteiger partial charge in [-0.2, -0.15) is 0 Å². The molecule has 2 aliphatic heterocycles. The van der Waals surface area contributed by atoms with E-state index in [-0.39, 0.29) is 0 Å². The first-order valence-corrected chi connectivity index (χ1v) is 20.7. The predicted molar refractivity (Wildman–Crippen MR) is 250 cm³/mol. The van der Waals surface area contributed by atoms with Crippen LogP contribution in [0.4, 0.5) is 34.4 Å². The molecule has 6 aromatic heterocycles. The Morgan fingerprint density at radius 2 is 1.11 bits per heavy atom. The molecule has 16 nitrogen and oxygen atoms in total. The molecule has 62 heavy (non-hydrogen) atoms. The number of benzene rings is 2. The Labute approximate surface area is 364 Å². The van der Waals surface area contributed by atoms with Crippen LogP contribution in [0.25, 0.3) is 33.8 Å². The zero-order chi connectivity index (χ0) is 42.8. The smallest absolute Gasteiger partial charge is 0.182 e. The van der Waals surface area contributed by atoms with Crippen LogP contribution in [-0.4, -0.2) is 96.9 Å². The number of aryl methyl sites for hydroxylation is 2. The van der Waals surface area contributed by atoms with Gasteiger partial charge in [-0.3, -0.25) is 9.97 Å². The summed E-state index contributed by atoms with van der Waals surface area (Å²) in [7, 11) is 0. The number of fused-ring (bicyclic) bond motifs is 2. The van der Waals surface area contributed by atoms with Crippen molar-refractivity contribution in [1.82, 2.24) is 39.2 Å². The number of morpholine rings is 2. The number of nitrogens with zero attached hydrogens (tertiary/aromatic N) is 10. The lowest BCUT2D eigenvalue weighted by Crippen LogP contribution is -2.37. The summed E-state index contributed by atoms with van der Waals surface area (Å²) < 4.78 is 14.7. The van der Waals surface area contributed by atoms with Crippen molar-refractivity contribution >= 4 is 62.7 Å². The SMILES string of the molecule is Cc1cc(N)ccn1.Cc1ccc(NC(=S)Nc2ccc(-c3nc(N4CCOCC4)c4cccn4n3)cc2)cn1.Nc1ccc(-c2nc(N3CCOCC3)c3cccn3n2)cc1. The van der Waals surface area contributed by atoms with Crippen LogP contribution in [0, 0.1) is 13.8 Å². The summed E-state index contributed by atoms with van der Waals surface area (Å²) in [6, 6.07) is 31.1. The highest BCUT2D eigenvalue weighted by Crippen LogP contribution is 2.27. The van der Waals surface area contributed by atoms with Crippen molar-refractivity contribution in [2.24, 2.45) is 0 Å². The second kappa shape index (κ2) is 19.4. The molecule has 2 aromatic carbocycles. The van der Waals surface area contributed by atoms with E-state index in [1.54, 1.807) is 18.5 Å². The van der Waals surface area contributed by atoms with Crippen molar-refractivity contribution in [3.63, 3.8) is 0 Å². The van der Waals surface area contributed by atoms with Gasteiger partial charge in [0.1, 0.15) is 11.0 Å². The van der Waals surface area contributed by atoms with E-state index in [4.69, 9.17) is 48.2 Å². The normalized spacial score (nSPS) is 13.8. The fraction of sp³-hybridized carbons (Fsp3) is 0.222. The third-order valence-corrected chi connectivity index (χ3v) is 10.2. The summed E-state index contributed by atoms with van der Waals surface area (Å²) in [5, 5.41) is 16.1. The lowest BCUT2D eigenvalue weighted by atomic mass is 10.2. The van der Waals surface area contributed by atoms with E-state index in [1.807, 2.05) is 126 Å². The molecule has 0 radical (unpaired) electrons. The fourth-order valence-electron chi connectivity index (χ4n) is 6.83. The molecule has 6 N–H and O–H groups in total. The minimum atomic E-state index is 0.503. The van der Waals surface area contributed by atoms with E-state index >= 15 is 0 Å². The van der Waals surface area contributed by atoms with Gasteiger partial charge >= 0.3 is 0 Å². The van der Waals surface area contributed by atoms with E-state index in [1.165, 1.54) is 0 Å². The van der Waals surface area contributed by atoms with E-state index in [0.717, 1.165) is 107 Å². The average molecular weight is 849 g/mol. The third-order valence-electron chi connectivity index (χ3n) is 10.0. The number of anilines is 6. The molecule has 316 valence electrons. The molecular formula is C45H48N14O2S. The number of nitrogen functional groups attached to an aromatic ring is 2. The molecule has 0 atom stereocenters. The molecule has 0 aliphatic carbocycles. The fourth-order valence-corrected chi connectivity index (χ4v) is 7.07. The van der Waals surface area contributed by atoms with Gasteiger partial charge in [0.2, 0.25) is 0 Å². The number of nitrogens with one attached hydrogen (secondary N) is 2. The van der Waals surface area contributed by atoms with Crippen LogP contribution >= 0.6 is 12.2 Å². The molecule has 0 amide bonds. The molecule has 2 aliphatic rings. The highest BCUT2D eigenvalue weighted by Gasteiger charge is 2.20. The molecule has 2 saturated heterocycles. The summed E-state index contributed by atoms with van der Waals surface area (Å²) in [5.74, 6) is 3.26. The van der Waals surface area contributed by atoms with Crippen LogP contribution in [-0.2, 0) is 9.47 Å². The van der Waals surface area contributed by atoms with Gasteiger partial charge < -0.3 is 41.4 Å². The van der Waals surface area contributed by atoms with Crippen LogP contribution in [0.2, 0.25) is 0 Å². The maximum absolute atomic E-state index is 5.76. The Morgan fingerprint density at radius 1 is 0.597 bits per heavy atom. The number of nitrogens with two attached hydrogens (primary N) is 2. The van der Waals surface area contributed by atoms with Gasteiger partial charge in [0.15, 0.2) is 28.4 Å². The lowest BCUT2D eigenvalue weighted by molar-refractivity contribution is 0.122. The van der Waals surface area contributed by atoms with E-state index in [0.29, 0.717) is 30.0 Å². The quantitative estimate of drug-likeness (QED) is 0.104. The molecule has 8 aromatic rings. The highest BCUT2D eigenvalue weighted by molar-refractivity contribution is 7.80. The van der Waals surface area contributed by atoms with Crippen molar-refractivity contribution in [2.45, 2.75) is 13.8 Å². The summed E-state index contributed by atoms with van der Waals surface area (Å²) in [6.07, 6.45) is 7.35. The van der Waals surface area contributed by atoms with Crippen molar-refractivity contribution < 1.29 is 9.47 Å². The van der Waals surface area contributed by atoms with Gasteiger partial charge in [-0.05, 0) is 123 Å². The highest BCUT2D eigenvalue weighted by atomic mass is 32.1. The van der Waals surface area contributed by atoms with Crippen LogP contribution in [0.5, 0.6) is 0 Å². The molecule has 8 heterocycles. The number of thiocarbonyl (C=S) groups is 1. The molecular weight excluding hydrogens is 801 g/mol. The number of pyridine rings is 2. The summed E-state index contributed by atoms with van der Waals surface area (Å²) >= 11 is 5.42. The van der Waals surface area contributed by atoms with Crippen molar-refractivity contribution in [1.29, 1.82) is 0 Å². The maximum Gasteiger partial charge on any atom is 0.182 e. The molecule has 0 spiro atoms. The first-order chi connectivity index (χ1) is 30.3. The molecule has 0 saturated carbocycles. The minimum absolute atomic E-state index is 0.503. The first kappa shape index (κ1) is 41.5. The molecule has 0 unspecified atom stereocenters. The summed E-state index contributed by atoms with van der Waals surface area (Å²) in [5.41, 5.74) is 20.2. The van der Waals surface area contributed by atoms with Crippen molar-refractivity contribution in [2.75, 3.05) is 84.5 Å². The second-order valence-electron chi connectivity index (χ2n) is 14.6. The molecule has 10 rings (SSSR count). The maximum atomic E-state index is 5.76. The Hall–Kier alpha value is -7.21. The van der Waals surface area contributed by atoms with Gasteiger partial charge in [0.05, 0.1) is 38.3 Å². The van der Waals surface area contributed by atoms with Gasteiger partial charge in [-0.25, -0.2) is 19.0 Å². The largest absolute Gasteiger partial charge is 0.399 e. The van der Waals surface area contributed by atoms with E-state index in [9.17, 15) is 0 Å². The molecule has 2 fully saturated rings. The van der Waals surface area contributed by atoms with Crippen molar-refractivity contribution in [3.05, 3.63) is 133 Å². The Balaban J connectivity index is 0.000000151. The number of hydrogen-bond acceptors (Lipinski definition) is 13. The number of rotatable bonds is 6. The topological polar surface area (TPSA) is 187 Å². The van der Waals surface area contributed by atoms with Gasteiger partial charge in [0.25, 0.3) is 0 Å². The minimum Gasteiger partial charge on any atom is -0.399 e. The van der Waals surface area contributed by atoms with Crippen LogP contribution < -0.4 is 31.9 Å². The van der Waals surface area contributed by atoms with E-state index < -0.39 is 0 Å². The predicted octanol–water partition coefficient (Wildman–Crippen LogP) is 6.53. The van der Waals surface area contributed by atoms with Crippen LogP contribution in [0.3, 0.4) is 0 Å². The Kier molecular flexibility index (Phi) is 13.0. The monoisotopic (exact) mass is 848 g/mol. The van der Waals surface area contributed by atoms with Crippen LogP contribution in [0.1, 0.15) is 11.4 Å². The zero-order valence-corrected chi connectivity index (χ0v) is 35.4. The third kappa shape index (κ3) is 10.4. The summed E-state index contributed by atoms with van der Waals surface area (Å²) in [6.45, 7) is 10.1. The van der Waals surface area contributed by atoms with E-state index in [2.05, 4.69) is 35.5 Å². The van der Waals surface area contributed by atoms with Crippen molar-refractivity contribution in [3.8, 4) is 22.8 Å². The Bertz CT molecular complexity index is 2710. The van der Waals surface area contributed by atoms with Crippen LogP contribution in [0.15, 0.2) is 122 Å². The standard InChI is InChI=1S/C23H23N7OS.C16H17N5O.C6H8N2/c1-16-4-7-19(15-24-16)26-23(32)25-18-8-5-17(6-9-18)21-27-22(29-11-13-31-14-12-29)20-3-2-10-30(20)28-21;17-13-5-3-12(4-6-13)15-18-16(20-8-10-22-11-9-20)14-2-1-7-21(14)19-15;1-5-4-6(7)2-3-8-5/h2-10,15H,11-14H2,1H3,(H2,25,26,32);1-7H,8-11,17H2;2-4H,1H3,(H2,7,8). The number of hydrogen-bond donors (Lipinski definition) is 4. The van der Waals surface area contributed by atoms with Gasteiger partial charge in [-0.15, -0.1) is 10.2 Å².